The van der Waals surface area contributed by atoms with Crippen LogP contribution in [0.3, 0.4) is 0 Å². The molecule has 1 aliphatic carbocycles. The van der Waals surface area contributed by atoms with E-state index in [9.17, 15) is 4.79 Å². The number of halogens is 1. The lowest BCUT2D eigenvalue weighted by atomic mass is 10.0. The van der Waals surface area contributed by atoms with Crippen LogP contribution in [0.2, 0.25) is 0 Å². The summed E-state index contributed by atoms with van der Waals surface area (Å²) >= 11 is 3.53. The van der Waals surface area contributed by atoms with Gasteiger partial charge in [0.05, 0.1) is 0 Å². The van der Waals surface area contributed by atoms with E-state index >= 15 is 0 Å². The third-order valence-electron chi connectivity index (χ3n) is 3.56. The minimum Gasteiger partial charge on any atom is -0.349 e. The van der Waals surface area contributed by atoms with Gasteiger partial charge in [0.1, 0.15) is 0 Å². The summed E-state index contributed by atoms with van der Waals surface area (Å²) in [5, 5.41) is 4.15. The number of alkyl halides is 1. The van der Waals surface area contributed by atoms with Gasteiger partial charge < -0.3 is 5.32 Å². The summed E-state index contributed by atoms with van der Waals surface area (Å²) in [4.78, 5) is 12.2. The molecule has 0 aliphatic heterocycles. The van der Waals surface area contributed by atoms with Gasteiger partial charge in [0.2, 0.25) is 0 Å². The number of hydrogen-bond acceptors (Lipinski definition) is 1. The number of hydrogen-bond donors (Lipinski definition) is 1. The van der Waals surface area contributed by atoms with Gasteiger partial charge in [0.25, 0.3) is 5.91 Å². The zero-order valence-electron chi connectivity index (χ0n) is 10.1. The highest BCUT2D eigenvalue weighted by Gasteiger charge is 2.27. The van der Waals surface area contributed by atoms with E-state index < -0.39 is 0 Å². The number of amides is 1. The van der Waals surface area contributed by atoms with Crippen molar-refractivity contribution in [3.63, 3.8) is 0 Å². The molecule has 0 aromatic heterocycles. The quantitative estimate of drug-likeness (QED) is 0.852. The molecular weight excluding hydrogens is 278 g/mol. The number of aryl methyl sites for hydroxylation is 1. The van der Waals surface area contributed by atoms with Crippen molar-refractivity contribution in [1.82, 2.24) is 5.32 Å². The number of rotatable bonds is 3. The molecule has 2 rings (SSSR count). The Hall–Kier alpha value is -0.830. The Bertz CT molecular complexity index is 405. The SMILES string of the molecule is Cc1ccccc1C(=O)NC1CCCC1CBr. The first-order valence-corrected chi connectivity index (χ1v) is 7.27. The van der Waals surface area contributed by atoms with Crippen LogP contribution in [0.15, 0.2) is 24.3 Å². The molecule has 0 radical (unpaired) electrons. The fraction of sp³-hybridized carbons (Fsp3) is 0.500. The highest BCUT2D eigenvalue weighted by atomic mass is 79.9. The first-order chi connectivity index (χ1) is 8.22. The molecule has 1 aromatic carbocycles. The molecule has 0 spiro atoms. The number of carbonyl (C=O) groups is 1. The molecular formula is C14H18BrNO. The smallest absolute Gasteiger partial charge is 0.251 e. The highest BCUT2D eigenvalue weighted by molar-refractivity contribution is 9.09. The van der Waals surface area contributed by atoms with E-state index in [1.807, 2.05) is 31.2 Å². The van der Waals surface area contributed by atoms with E-state index in [1.165, 1.54) is 12.8 Å². The summed E-state index contributed by atoms with van der Waals surface area (Å²) in [7, 11) is 0. The lowest BCUT2D eigenvalue weighted by Gasteiger charge is -2.19. The van der Waals surface area contributed by atoms with Crippen molar-refractivity contribution in [1.29, 1.82) is 0 Å². The van der Waals surface area contributed by atoms with Crippen molar-refractivity contribution >= 4 is 21.8 Å². The van der Waals surface area contributed by atoms with E-state index in [0.29, 0.717) is 12.0 Å². The van der Waals surface area contributed by atoms with Gasteiger partial charge in [-0.05, 0) is 37.3 Å². The molecule has 2 nitrogen and oxygen atoms in total. The van der Waals surface area contributed by atoms with Gasteiger partial charge in [-0.15, -0.1) is 0 Å². The zero-order valence-corrected chi connectivity index (χ0v) is 11.7. The fourth-order valence-corrected chi connectivity index (χ4v) is 3.26. The van der Waals surface area contributed by atoms with E-state index in [0.717, 1.165) is 22.9 Å². The maximum atomic E-state index is 12.2. The van der Waals surface area contributed by atoms with E-state index in [2.05, 4.69) is 21.2 Å². The Balaban J connectivity index is 2.04. The average Bonchev–Trinajstić information content (AvgIpc) is 2.76. The van der Waals surface area contributed by atoms with Crippen LogP contribution in [0.1, 0.15) is 35.2 Å². The summed E-state index contributed by atoms with van der Waals surface area (Å²) < 4.78 is 0. The molecule has 0 heterocycles. The fourth-order valence-electron chi connectivity index (χ4n) is 2.49. The Morgan fingerprint density at radius 3 is 2.88 bits per heavy atom. The Morgan fingerprint density at radius 2 is 2.18 bits per heavy atom. The number of benzene rings is 1. The molecule has 0 saturated heterocycles. The third kappa shape index (κ3) is 2.89. The van der Waals surface area contributed by atoms with Crippen molar-refractivity contribution in [2.24, 2.45) is 5.92 Å². The second kappa shape index (κ2) is 5.67. The van der Waals surface area contributed by atoms with Crippen molar-refractivity contribution < 1.29 is 4.79 Å². The van der Waals surface area contributed by atoms with Gasteiger partial charge in [-0.1, -0.05) is 40.5 Å². The van der Waals surface area contributed by atoms with Gasteiger partial charge in [0, 0.05) is 16.9 Å². The van der Waals surface area contributed by atoms with Crippen LogP contribution in [0.5, 0.6) is 0 Å². The lowest BCUT2D eigenvalue weighted by Crippen LogP contribution is -2.38. The summed E-state index contributed by atoms with van der Waals surface area (Å²) in [6.07, 6.45) is 3.53. The topological polar surface area (TPSA) is 29.1 Å². The van der Waals surface area contributed by atoms with Crippen LogP contribution in [0.4, 0.5) is 0 Å². The maximum Gasteiger partial charge on any atom is 0.251 e. The molecule has 2 unspecified atom stereocenters. The van der Waals surface area contributed by atoms with Gasteiger partial charge in [-0.3, -0.25) is 4.79 Å². The van der Waals surface area contributed by atoms with Crippen molar-refractivity contribution in [2.75, 3.05) is 5.33 Å². The van der Waals surface area contributed by atoms with Crippen LogP contribution >= 0.6 is 15.9 Å². The van der Waals surface area contributed by atoms with Crippen LogP contribution in [-0.2, 0) is 0 Å². The largest absolute Gasteiger partial charge is 0.349 e. The van der Waals surface area contributed by atoms with Crippen molar-refractivity contribution in [3.8, 4) is 0 Å². The maximum absolute atomic E-state index is 12.2. The Morgan fingerprint density at radius 1 is 1.41 bits per heavy atom. The second-order valence-corrected chi connectivity index (χ2v) is 5.39. The minimum absolute atomic E-state index is 0.0703. The molecule has 0 bridgehead atoms. The summed E-state index contributed by atoms with van der Waals surface area (Å²) in [5.41, 5.74) is 1.84. The molecule has 92 valence electrons. The molecule has 1 aliphatic rings. The van der Waals surface area contributed by atoms with Gasteiger partial charge in [0.15, 0.2) is 0 Å². The second-order valence-electron chi connectivity index (χ2n) is 4.74. The standard InChI is InChI=1S/C14H18BrNO/c1-10-5-2-3-7-12(10)14(17)16-13-8-4-6-11(13)9-15/h2-3,5,7,11,13H,4,6,8-9H2,1H3,(H,16,17). The van der Waals surface area contributed by atoms with E-state index in [1.54, 1.807) is 0 Å². The lowest BCUT2D eigenvalue weighted by molar-refractivity contribution is 0.0929. The van der Waals surface area contributed by atoms with Crippen molar-refractivity contribution in [2.45, 2.75) is 32.2 Å². The number of carbonyl (C=O) groups excluding carboxylic acids is 1. The zero-order chi connectivity index (χ0) is 12.3. The predicted octanol–water partition coefficient (Wildman–Crippen LogP) is 3.29. The predicted molar refractivity (Wildman–Crippen MR) is 73.6 cm³/mol. The van der Waals surface area contributed by atoms with Crippen LogP contribution < -0.4 is 5.32 Å². The molecule has 1 amide bonds. The van der Waals surface area contributed by atoms with Gasteiger partial charge >= 0.3 is 0 Å². The van der Waals surface area contributed by atoms with E-state index in [-0.39, 0.29) is 5.91 Å². The van der Waals surface area contributed by atoms with Crippen LogP contribution in [-0.4, -0.2) is 17.3 Å². The average molecular weight is 296 g/mol. The first kappa shape index (κ1) is 12.6. The van der Waals surface area contributed by atoms with E-state index in [4.69, 9.17) is 0 Å². The van der Waals surface area contributed by atoms with Gasteiger partial charge in [-0.2, -0.15) is 0 Å². The van der Waals surface area contributed by atoms with Crippen LogP contribution in [0.25, 0.3) is 0 Å². The van der Waals surface area contributed by atoms with Crippen LogP contribution in [0, 0.1) is 12.8 Å². The third-order valence-corrected chi connectivity index (χ3v) is 4.40. The number of nitrogens with one attached hydrogen (secondary N) is 1. The summed E-state index contributed by atoms with van der Waals surface area (Å²) in [6, 6.07) is 8.08. The molecule has 17 heavy (non-hydrogen) atoms. The normalized spacial score (nSPS) is 23.6. The highest BCUT2D eigenvalue weighted by Crippen LogP contribution is 2.27. The Labute approximate surface area is 111 Å². The van der Waals surface area contributed by atoms with Crippen molar-refractivity contribution in [3.05, 3.63) is 35.4 Å². The molecule has 2 atom stereocenters. The summed E-state index contributed by atoms with van der Waals surface area (Å²) in [6.45, 7) is 1.98. The monoisotopic (exact) mass is 295 g/mol. The summed E-state index contributed by atoms with van der Waals surface area (Å²) in [5.74, 6) is 0.656. The van der Waals surface area contributed by atoms with Gasteiger partial charge in [-0.25, -0.2) is 0 Å². The first-order valence-electron chi connectivity index (χ1n) is 6.15. The molecule has 1 saturated carbocycles. The molecule has 1 aromatic rings. The minimum atomic E-state index is 0.0703. The molecule has 1 fully saturated rings. The Kier molecular flexibility index (Phi) is 4.21. The molecule has 1 N–H and O–H groups in total. The molecule has 3 heteroatoms.